The summed E-state index contributed by atoms with van der Waals surface area (Å²) < 4.78 is 6.49. The maximum atomic E-state index is 12.9. The van der Waals surface area contributed by atoms with E-state index in [1.807, 2.05) is 6.92 Å². The minimum absolute atomic E-state index is 0.257. The number of esters is 1. The Morgan fingerprint density at radius 2 is 2.00 bits per heavy atom. The minimum atomic E-state index is -0.430. The van der Waals surface area contributed by atoms with Crippen LogP contribution < -0.4 is 5.56 Å². The number of carbonyl (C=O) groups is 1. The molecule has 28 heavy (non-hydrogen) atoms. The molecule has 7 heteroatoms. The molecule has 0 fully saturated rings. The van der Waals surface area contributed by atoms with Gasteiger partial charge < -0.3 is 4.74 Å². The third-order valence-electron chi connectivity index (χ3n) is 4.32. The van der Waals surface area contributed by atoms with Gasteiger partial charge >= 0.3 is 5.97 Å². The zero-order chi connectivity index (χ0) is 20.1. The molecule has 7 nitrogen and oxygen atoms in total. The Balaban J connectivity index is 1.87. The van der Waals surface area contributed by atoms with Crippen LogP contribution in [0, 0.1) is 18.3 Å². The molecule has 3 rings (SSSR count). The first kappa shape index (κ1) is 19.1. The molecule has 0 saturated heterocycles. The van der Waals surface area contributed by atoms with E-state index in [1.54, 1.807) is 43.3 Å². The van der Waals surface area contributed by atoms with E-state index in [1.165, 1.54) is 10.9 Å². The number of aryl methyl sites for hydroxylation is 1. The van der Waals surface area contributed by atoms with Gasteiger partial charge in [-0.3, -0.25) is 9.89 Å². The smallest absolute Gasteiger partial charge is 0.339 e. The predicted molar refractivity (Wildman–Crippen MR) is 104 cm³/mol. The van der Waals surface area contributed by atoms with Crippen molar-refractivity contribution in [3.8, 4) is 23.0 Å². The molecule has 2 heterocycles. The number of rotatable bonds is 6. The van der Waals surface area contributed by atoms with Gasteiger partial charge in [-0.15, -0.1) is 0 Å². The summed E-state index contributed by atoms with van der Waals surface area (Å²) in [5, 5.41) is 11.9. The first-order valence-electron chi connectivity index (χ1n) is 9.01. The van der Waals surface area contributed by atoms with E-state index >= 15 is 0 Å². The summed E-state index contributed by atoms with van der Waals surface area (Å²) in [6.45, 7) is 4.19. The number of unbranched alkanes of at least 4 members (excludes halogenated alkanes) is 1. The van der Waals surface area contributed by atoms with E-state index in [0.717, 1.165) is 12.8 Å². The molecule has 3 aromatic rings. The summed E-state index contributed by atoms with van der Waals surface area (Å²) in [4.78, 5) is 29.1. The molecule has 142 valence electrons. The maximum Gasteiger partial charge on any atom is 0.339 e. The maximum absolute atomic E-state index is 12.9. The fourth-order valence-corrected chi connectivity index (χ4v) is 2.79. The van der Waals surface area contributed by atoms with Gasteiger partial charge in [0.1, 0.15) is 0 Å². The van der Waals surface area contributed by atoms with E-state index in [-0.39, 0.29) is 5.56 Å². The third-order valence-corrected chi connectivity index (χ3v) is 4.32. The van der Waals surface area contributed by atoms with Gasteiger partial charge in [0.2, 0.25) is 0 Å². The number of nitrogens with zero attached hydrogens (tertiary/aromatic N) is 3. The minimum Gasteiger partial charge on any atom is -0.462 e. The van der Waals surface area contributed by atoms with Crippen LogP contribution in [0.25, 0.3) is 16.9 Å². The van der Waals surface area contributed by atoms with Crippen LogP contribution in [0.15, 0.2) is 47.4 Å². The number of ether oxygens (including phenoxy) is 1. The second-order valence-corrected chi connectivity index (χ2v) is 6.34. The summed E-state index contributed by atoms with van der Waals surface area (Å²) >= 11 is 0. The number of pyridine rings is 1. The molecule has 0 unspecified atom stereocenters. The van der Waals surface area contributed by atoms with Crippen molar-refractivity contribution in [1.29, 1.82) is 5.26 Å². The molecular weight excluding hydrogens is 356 g/mol. The van der Waals surface area contributed by atoms with E-state index in [0.29, 0.717) is 40.4 Å². The number of hydrogen-bond donors (Lipinski definition) is 1. The first-order valence-corrected chi connectivity index (χ1v) is 9.01. The fraction of sp³-hybridized carbons (Fsp3) is 0.238. The Bertz CT molecular complexity index is 1070. The Hall–Kier alpha value is -3.66. The van der Waals surface area contributed by atoms with Crippen LogP contribution in [0.1, 0.15) is 41.4 Å². The number of aromatic nitrogens is 3. The van der Waals surface area contributed by atoms with Crippen LogP contribution in [-0.2, 0) is 4.74 Å². The zero-order valence-corrected chi connectivity index (χ0v) is 15.7. The fourth-order valence-electron chi connectivity index (χ4n) is 2.79. The average Bonchev–Trinajstić information content (AvgIpc) is 3.02. The number of nitriles is 1. The number of H-pyrrole nitrogens is 1. The van der Waals surface area contributed by atoms with Crippen LogP contribution in [0.5, 0.6) is 0 Å². The number of benzene rings is 1. The van der Waals surface area contributed by atoms with Gasteiger partial charge in [0, 0.05) is 11.9 Å². The molecule has 0 aliphatic carbocycles. The van der Waals surface area contributed by atoms with E-state index in [2.05, 4.69) is 16.2 Å². The summed E-state index contributed by atoms with van der Waals surface area (Å²) in [5.41, 5.74) is 2.51. The van der Waals surface area contributed by atoms with Crippen molar-refractivity contribution in [3.63, 3.8) is 0 Å². The first-order chi connectivity index (χ1) is 13.5. The summed E-state index contributed by atoms with van der Waals surface area (Å²) in [6.07, 6.45) is 3.15. The lowest BCUT2D eigenvalue weighted by Crippen LogP contribution is -2.17. The Morgan fingerprint density at radius 3 is 2.61 bits per heavy atom. The summed E-state index contributed by atoms with van der Waals surface area (Å²) in [6, 6.07) is 12.1. The molecular formula is C21H20N4O3. The van der Waals surface area contributed by atoms with Gasteiger partial charge in [-0.25, -0.2) is 14.5 Å². The largest absolute Gasteiger partial charge is 0.462 e. The van der Waals surface area contributed by atoms with Gasteiger partial charge in [-0.2, -0.15) is 5.26 Å². The normalized spacial score (nSPS) is 10.5. The van der Waals surface area contributed by atoms with Crippen molar-refractivity contribution in [2.45, 2.75) is 26.7 Å². The summed E-state index contributed by atoms with van der Waals surface area (Å²) in [5.74, 6) is -0.0566. The molecule has 0 atom stereocenters. The third kappa shape index (κ3) is 3.86. The van der Waals surface area contributed by atoms with Gasteiger partial charge in [0.15, 0.2) is 5.82 Å². The van der Waals surface area contributed by atoms with E-state index in [9.17, 15) is 9.59 Å². The second kappa shape index (κ2) is 8.35. The van der Waals surface area contributed by atoms with Gasteiger partial charge in [0.25, 0.3) is 5.56 Å². The van der Waals surface area contributed by atoms with Gasteiger partial charge in [0.05, 0.1) is 29.4 Å². The van der Waals surface area contributed by atoms with Crippen molar-refractivity contribution < 1.29 is 9.53 Å². The van der Waals surface area contributed by atoms with Crippen LogP contribution in [0.4, 0.5) is 0 Å². The molecule has 0 bridgehead atoms. The van der Waals surface area contributed by atoms with Crippen molar-refractivity contribution >= 4 is 5.97 Å². The molecule has 0 spiro atoms. The molecule has 1 aromatic carbocycles. The molecule has 0 saturated carbocycles. The molecule has 0 aliphatic rings. The van der Waals surface area contributed by atoms with Crippen LogP contribution in [0.2, 0.25) is 0 Å². The molecule has 0 amide bonds. The van der Waals surface area contributed by atoms with Crippen LogP contribution >= 0.6 is 0 Å². The lowest BCUT2D eigenvalue weighted by molar-refractivity contribution is 0.0499. The lowest BCUT2D eigenvalue weighted by atomic mass is 10.1. The van der Waals surface area contributed by atoms with Crippen molar-refractivity contribution in [1.82, 2.24) is 14.8 Å². The Kier molecular flexibility index (Phi) is 5.70. The highest BCUT2D eigenvalue weighted by atomic mass is 16.5. The topological polar surface area (TPSA) is 101 Å². The SMILES string of the molecule is CCCCOC(=O)c1ccc(-n2[nH]c(C)c(-c3ccc(C#N)cc3)c2=O)nc1. The van der Waals surface area contributed by atoms with E-state index < -0.39 is 5.97 Å². The lowest BCUT2D eigenvalue weighted by Gasteiger charge is -2.05. The van der Waals surface area contributed by atoms with Crippen LogP contribution in [0.3, 0.4) is 0 Å². The van der Waals surface area contributed by atoms with Crippen molar-refractivity contribution in [2.24, 2.45) is 0 Å². The highest BCUT2D eigenvalue weighted by Crippen LogP contribution is 2.20. The van der Waals surface area contributed by atoms with E-state index in [4.69, 9.17) is 10.00 Å². The second-order valence-electron chi connectivity index (χ2n) is 6.34. The number of nitrogens with one attached hydrogen (secondary N) is 1. The molecule has 1 N–H and O–H groups in total. The van der Waals surface area contributed by atoms with Crippen LogP contribution in [-0.4, -0.2) is 27.3 Å². The monoisotopic (exact) mass is 376 g/mol. The van der Waals surface area contributed by atoms with Crippen molar-refractivity contribution in [3.05, 3.63) is 69.8 Å². The van der Waals surface area contributed by atoms with Crippen molar-refractivity contribution in [2.75, 3.05) is 6.61 Å². The Morgan fingerprint density at radius 1 is 1.25 bits per heavy atom. The number of aromatic amines is 1. The van der Waals surface area contributed by atoms with Gasteiger partial charge in [-0.05, 0) is 43.2 Å². The number of carbonyl (C=O) groups excluding carboxylic acids is 1. The predicted octanol–water partition coefficient (Wildman–Crippen LogP) is 3.36. The summed E-state index contributed by atoms with van der Waals surface area (Å²) in [7, 11) is 0. The molecule has 2 aromatic heterocycles. The zero-order valence-electron chi connectivity index (χ0n) is 15.7. The highest BCUT2D eigenvalue weighted by Gasteiger charge is 2.16. The molecule has 0 aliphatic heterocycles. The standard InChI is InChI=1S/C21H20N4O3/c1-3-4-11-28-21(27)17-9-10-18(23-13-17)25-20(26)19(14(2)24-25)16-7-5-15(12-22)6-8-16/h5-10,13,24H,3-4,11H2,1-2H3. The van der Waals surface area contributed by atoms with Gasteiger partial charge in [-0.1, -0.05) is 25.5 Å². The quantitative estimate of drug-likeness (QED) is 0.525. The highest BCUT2D eigenvalue weighted by molar-refractivity contribution is 5.89. The average molecular weight is 376 g/mol. The number of hydrogen-bond acceptors (Lipinski definition) is 5. The Labute approximate surface area is 162 Å². The molecule has 0 radical (unpaired) electrons.